The van der Waals surface area contributed by atoms with Crippen molar-refractivity contribution in [1.29, 1.82) is 0 Å². The molecule has 0 radical (unpaired) electrons. The molecule has 0 bridgehead atoms. The highest BCUT2D eigenvalue weighted by molar-refractivity contribution is 5.83. The number of carbonyl (C=O) groups excluding carboxylic acids is 1. The maximum absolute atomic E-state index is 11.6. The molecule has 2 N–H and O–H groups in total. The largest absolute Gasteiger partial charge is 0.361 e. The van der Waals surface area contributed by atoms with Gasteiger partial charge in [0.25, 0.3) is 0 Å². The summed E-state index contributed by atoms with van der Waals surface area (Å²) in [5, 5.41) is 4.19. The molecule has 20 heavy (non-hydrogen) atoms. The quantitative estimate of drug-likeness (QED) is 0.588. The molecule has 0 saturated heterocycles. The molecule has 0 spiro atoms. The lowest BCUT2D eigenvalue weighted by Gasteiger charge is -2.04. The Bertz CT molecular complexity index is 607. The minimum atomic E-state index is 0.113. The Balaban J connectivity index is 1.73. The summed E-state index contributed by atoms with van der Waals surface area (Å²) in [6, 6.07) is 8.20. The average molecular weight is 268 g/mol. The van der Waals surface area contributed by atoms with Crippen LogP contribution in [0.3, 0.4) is 0 Å². The molecule has 0 saturated carbocycles. The second-order valence-corrected chi connectivity index (χ2v) is 4.87. The van der Waals surface area contributed by atoms with Crippen LogP contribution < -0.4 is 5.32 Å². The van der Waals surface area contributed by atoms with Crippen molar-refractivity contribution < 1.29 is 4.79 Å². The van der Waals surface area contributed by atoms with Crippen LogP contribution in [0.15, 0.2) is 30.5 Å². The predicted molar refractivity (Wildman–Crippen MR) is 82.3 cm³/mol. The molecule has 3 heteroatoms. The van der Waals surface area contributed by atoms with Crippen LogP contribution in [-0.2, 0) is 11.2 Å². The van der Waals surface area contributed by atoms with Crippen molar-refractivity contribution >= 4 is 16.8 Å². The molecular formula is C17H20N2O. The van der Waals surface area contributed by atoms with Gasteiger partial charge in [-0.3, -0.25) is 4.79 Å². The molecular weight excluding hydrogens is 248 g/mol. The van der Waals surface area contributed by atoms with E-state index in [1.165, 1.54) is 10.9 Å². The molecule has 1 amide bonds. The third-order valence-corrected chi connectivity index (χ3v) is 3.37. The maximum atomic E-state index is 11.6. The first-order valence-electron chi connectivity index (χ1n) is 7.06. The van der Waals surface area contributed by atoms with Crippen molar-refractivity contribution in [3.05, 3.63) is 36.0 Å². The molecule has 104 valence electrons. The van der Waals surface area contributed by atoms with E-state index >= 15 is 0 Å². The van der Waals surface area contributed by atoms with Crippen molar-refractivity contribution in [2.45, 2.75) is 32.1 Å². The fourth-order valence-corrected chi connectivity index (χ4v) is 2.28. The first kappa shape index (κ1) is 14.2. The van der Waals surface area contributed by atoms with Crippen LogP contribution in [0, 0.1) is 12.3 Å². The van der Waals surface area contributed by atoms with E-state index in [0.29, 0.717) is 13.0 Å². The highest BCUT2D eigenvalue weighted by Crippen LogP contribution is 2.17. The first-order valence-corrected chi connectivity index (χ1v) is 7.06. The summed E-state index contributed by atoms with van der Waals surface area (Å²) in [5.74, 6) is 2.70. The van der Waals surface area contributed by atoms with Crippen LogP contribution in [0.4, 0.5) is 0 Å². The van der Waals surface area contributed by atoms with E-state index in [1.54, 1.807) is 0 Å². The van der Waals surface area contributed by atoms with Gasteiger partial charge in [-0.25, -0.2) is 0 Å². The Morgan fingerprint density at radius 2 is 2.15 bits per heavy atom. The van der Waals surface area contributed by atoms with Crippen LogP contribution in [-0.4, -0.2) is 17.4 Å². The zero-order chi connectivity index (χ0) is 14.2. The summed E-state index contributed by atoms with van der Waals surface area (Å²) in [6.07, 6.45) is 11.1. The number of nitrogens with one attached hydrogen (secondary N) is 2. The first-order chi connectivity index (χ1) is 9.81. The monoisotopic (exact) mass is 268 g/mol. The highest BCUT2D eigenvalue weighted by atomic mass is 16.1. The Morgan fingerprint density at radius 3 is 3.00 bits per heavy atom. The number of fused-ring (bicyclic) bond motifs is 1. The molecule has 0 aliphatic rings. The number of aromatic amines is 1. The van der Waals surface area contributed by atoms with E-state index in [0.717, 1.165) is 31.2 Å². The summed E-state index contributed by atoms with van der Waals surface area (Å²) < 4.78 is 0. The molecule has 1 aromatic heterocycles. The Labute approximate surface area is 119 Å². The van der Waals surface area contributed by atoms with Crippen molar-refractivity contribution in [3.63, 3.8) is 0 Å². The number of rotatable bonds is 7. The van der Waals surface area contributed by atoms with Crippen molar-refractivity contribution in [2.24, 2.45) is 0 Å². The summed E-state index contributed by atoms with van der Waals surface area (Å²) in [6.45, 7) is 0.676. The van der Waals surface area contributed by atoms with Gasteiger partial charge in [-0.2, -0.15) is 0 Å². The van der Waals surface area contributed by atoms with Gasteiger partial charge in [0.2, 0.25) is 5.91 Å². The number of carbonyl (C=O) groups is 1. The molecule has 0 aliphatic carbocycles. The minimum absolute atomic E-state index is 0.113. The van der Waals surface area contributed by atoms with Gasteiger partial charge in [0.1, 0.15) is 0 Å². The van der Waals surface area contributed by atoms with Gasteiger partial charge in [0.15, 0.2) is 0 Å². The van der Waals surface area contributed by atoms with Gasteiger partial charge in [0.05, 0.1) is 0 Å². The molecule has 2 rings (SSSR count). The lowest BCUT2D eigenvalue weighted by molar-refractivity contribution is -0.121. The number of benzene rings is 1. The van der Waals surface area contributed by atoms with Crippen LogP contribution in [0.1, 0.15) is 31.2 Å². The van der Waals surface area contributed by atoms with E-state index in [4.69, 9.17) is 6.42 Å². The van der Waals surface area contributed by atoms with Crippen LogP contribution in [0.25, 0.3) is 10.9 Å². The SMILES string of the molecule is C#CCCCCC(=O)NCCc1c[nH]c2ccccc12. The zero-order valence-electron chi connectivity index (χ0n) is 11.6. The number of hydrogen-bond donors (Lipinski definition) is 2. The second kappa shape index (κ2) is 7.40. The Morgan fingerprint density at radius 1 is 1.30 bits per heavy atom. The summed E-state index contributed by atoms with van der Waals surface area (Å²) in [5.41, 5.74) is 2.39. The lowest BCUT2D eigenvalue weighted by Crippen LogP contribution is -2.25. The van der Waals surface area contributed by atoms with Crippen LogP contribution in [0.5, 0.6) is 0 Å². The molecule has 3 nitrogen and oxygen atoms in total. The molecule has 1 heterocycles. The van der Waals surface area contributed by atoms with Gasteiger partial charge in [-0.15, -0.1) is 12.3 Å². The van der Waals surface area contributed by atoms with Crippen LogP contribution >= 0.6 is 0 Å². The van der Waals surface area contributed by atoms with Crippen molar-refractivity contribution in [1.82, 2.24) is 10.3 Å². The molecule has 0 unspecified atom stereocenters. The normalized spacial score (nSPS) is 10.3. The van der Waals surface area contributed by atoms with Gasteiger partial charge in [-0.05, 0) is 30.9 Å². The maximum Gasteiger partial charge on any atom is 0.220 e. The average Bonchev–Trinajstić information content (AvgIpc) is 2.87. The number of H-pyrrole nitrogens is 1. The van der Waals surface area contributed by atoms with E-state index in [-0.39, 0.29) is 5.91 Å². The Kier molecular flexibility index (Phi) is 5.25. The van der Waals surface area contributed by atoms with Crippen molar-refractivity contribution in [2.75, 3.05) is 6.54 Å². The fourth-order valence-electron chi connectivity index (χ4n) is 2.28. The lowest BCUT2D eigenvalue weighted by atomic mass is 10.1. The number of hydrogen-bond acceptors (Lipinski definition) is 1. The summed E-state index contributed by atoms with van der Waals surface area (Å²) in [7, 11) is 0. The summed E-state index contributed by atoms with van der Waals surface area (Å²) in [4.78, 5) is 14.9. The molecule has 0 atom stereocenters. The van der Waals surface area contributed by atoms with Gasteiger partial charge < -0.3 is 10.3 Å². The zero-order valence-corrected chi connectivity index (χ0v) is 11.6. The Hall–Kier alpha value is -2.21. The van der Waals surface area contributed by atoms with Crippen molar-refractivity contribution in [3.8, 4) is 12.3 Å². The fraction of sp³-hybridized carbons (Fsp3) is 0.353. The minimum Gasteiger partial charge on any atom is -0.361 e. The third-order valence-electron chi connectivity index (χ3n) is 3.37. The van der Waals surface area contributed by atoms with E-state index in [9.17, 15) is 4.79 Å². The number of amides is 1. The van der Waals surface area contributed by atoms with E-state index in [2.05, 4.69) is 28.4 Å². The van der Waals surface area contributed by atoms with Gasteiger partial charge in [0, 0.05) is 36.5 Å². The molecule has 2 aromatic rings. The third kappa shape index (κ3) is 3.89. The molecule has 1 aromatic carbocycles. The number of unbranched alkanes of at least 4 members (excludes halogenated alkanes) is 2. The van der Waals surface area contributed by atoms with Gasteiger partial charge in [-0.1, -0.05) is 18.2 Å². The number of aromatic nitrogens is 1. The number of para-hydroxylation sites is 1. The highest BCUT2D eigenvalue weighted by Gasteiger charge is 2.04. The standard InChI is InChI=1S/C17H20N2O/c1-2-3-4-5-10-17(20)18-12-11-14-13-19-16-9-7-6-8-15(14)16/h1,6-9,13,19H,3-5,10-12H2,(H,18,20). The molecule has 0 fully saturated rings. The summed E-state index contributed by atoms with van der Waals surface area (Å²) >= 11 is 0. The topological polar surface area (TPSA) is 44.9 Å². The second-order valence-electron chi connectivity index (χ2n) is 4.87. The van der Waals surface area contributed by atoms with Gasteiger partial charge >= 0.3 is 0 Å². The molecule has 0 aliphatic heterocycles. The predicted octanol–water partition coefficient (Wildman–Crippen LogP) is 3.02. The smallest absolute Gasteiger partial charge is 0.220 e. The van der Waals surface area contributed by atoms with E-state index < -0.39 is 0 Å². The van der Waals surface area contributed by atoms with Crippen LogP contribution in [0.2, 0.25) is 0 Å². The number of terminal acetylenes is 1. The van der Waals surface area contributed by atoms with E-state index in [1.807, 2.05) is 18.3 Å².